The zero-order valence-corrected chi connectivity index (χ0v) is 17.4. The fourth-order valence-corrected chi connectivity index (χ4v) is 6.44. The van der Waals surface area contributed by atoms with Gasteiger partial charge in [-0.1, -0.05) is 12.8 Å². The smallest absolute Gasteiger partial charge is 0.166 e. The number of nitrogens with one attached hydrogen (secondary N) is 4. The minimum Gasteiger partial charge on any atom is -0.363 e. The van der Waals surface area contributed by atoms with E-state index in [1.54, 1.807) is 0 Å². The van der Waals surface area contributed by atoms with Crippen LogP contribution in [0, 0.1) is 23.7 Å². The van der Waals surface area contributed by atoms with Crippen LogP contribution in [-0.2, 0) is 0 Å². The molecular formula is C20H34N4S2. The lowest BCUT2D eigenvalue weighted by Crippen LogP contribution is -2.45. The topological polar surface area (TPSA) is 48.1 Å². The van der Waals surface area contributed by atoms with Gasteiger partial charge in [0.1, 0.15) is 0 Å². The van der Waals surface area contributed by atoms with E-state index in [-0.39, 0.29) is 0 Å². The summed E-state index contributed by atoms with van der Waals surface area (Å²) in [7, 11) is 0. The predicted molar refractivity (Wildman–Crippen MR) is 115 cm³/mol. The summed E-state index contributed by atoms with van der Waals surface area (Å²) in [6.07, 6.45) is 13.4. The molecule has 0 amide bonds. The fraction of sp³-hybridized carbons (Fsp3) is 0.900. The van der Waals surface area contributed by atoms with Gasteiger partial charge in [-0.3, -0.25) is 0 Å². The molecule has 4 N–H and O–H groups in total. The van der Waals surface area contributed by atoms with Gasteiger partial charge in [-0.05, 0) is 99.5 Å². The largest absolute Gasteiger partial charge is 0.363 e. The van der Waals surface area contributed by atoms with Gasteiger partial charge in [0.15, 0.2) is 10.2 Å². The Morgan fingerprint density at radius 3 is 1.46 bits per heavy atom. The van der Waals surface area contributed by atoms with Crippen LogP contribution in [0.15, 0.2) is 0 Å². The lowest BCUT2D eigenvalue weighted by atomic mass is 9.96. The van der Waals surface area contributed by atoms with Gasteiger partial charge in [0.2, 0.25) is 0 Å². The summed E-state index contributed by atoms with van der Waals surface area (Å²) in [4.78, 5) is 0. The van der Waals surface area contributed by atoms with E-state index in [2.05, 4.69) is 21.3 Å². The fourth-order valence-electron chi connectivity index (χ4n) is 5.94. The molecule has 4 bridgehead atoms. The summed E-state index contributed by atoms with van der Waals surface area (Å²) in [6, 6.07) is 1.26. The van der Waals surface area contributed by atoms with Gasteiger partial charge in [-0.25, -0.2) is 0 Å². The normalized spacial score (nSPS) is 36.9. The summed E-state index contributed by atoms with van der Waals surface area (Å²) in [5.74, 6) is 3.66. The van der Waals surface area contributed by atoms with E-state index in [1.165, 1.54) is 51.4 Å². The van der Waals surface area contributed by atoms with Crippen LogP contribution in [0.4, 0.5) is 0 Å². The lowest BCUT2D eigenvalue weighted by Gasteiger charge is -2.25. The average molecular weight is 395 g/mol. The Balaban J connectivity index is 1.01. The van der Waals surface area contributed by atoms with Crippen LogP contribution in [0.2, 0.25) is 0 Å². The zero-order valence-electron chi connectivity index (χ0n) is 15.8. The Kier molecular flexibility index (Phi) is 6.19. The first-order chi connectivity index (χ1) is 12.7. The van der Waals surface area contributed by atoms with Crippen molar-refractivity contribution in [1.82, 2.24) is 21.3 Å². The van der Waals surface area contributed by atoms with Crippen molar-refractivity contribution in [2.45, 2.75) is 76.3 Å². The highest BCUT2D eigenvalue weighted by atomic mass is 32.1. The summed E-state index contributed by atoms with van der Waals surface area (Å²) in [6.45, 7) is 1.89. The molecule has 0 heterocycles. The minimum absolute atomic E-state index is 0.629. The van der Waals surface area contributed by atoms with Gasteiger partial charge in [0.25, 0.3) is 0 Å². The molecular weight excluding hydrogens is 360 g/mol. The number of fused-ring (bicyclic) bond motifs is 4. The minimum atomic E-state index is 0.629. The van der Waals surface area contributed by atoms with E-state index in [4.69, 9.17) is 24.4 Å². The molecule has 0 aliphatic heterocycles. The van der Waals surface area contributed by atoms with Crippen LogP contribution in [0.3, 0.4) is 0 Å². The van der Waals surface area contributed by atoms with Crippen LogP contribution in [0.5, 0.6) is 0 Å². The second-order valence-corrected chi connectivity index (χ2v) is 9.89. The quantitative estimate of drug-likeness (QED) is 0.393. The molecule has 26 heavy (non-hydrogen) atoms. The first kappa shape index (κ1) is 18.7. The Morgan fingerprint density at radius 2 is 1.12 bits per heavy atom. The summed E-state index contributed by atoms with van der Waals surface area (Å²) >= 11 is 10.9. The summed E-state index contributed by atoms with van der Waals surface area (Å²) < 4.78 is 0. The van der Waals surface area contributed by atoms with Gasteiger partial charge in [-0.15, -0.1) is 0 Å². The second kappa shape index (κ2) is 8.59. The molecule has 0 aromatic heterocycles. The SMILES string of the molecule is S=C(NCCCCNC(=S)N[C@@H]1C[C@@H]2CC[C@@H]1C2)N[C@H]1C[C@H]2CC[C@H]1C2. The third-order valence-corrected chi connectivity index (χ3v) is 7.81. The number of rotatable bonds is 7. The van der Waals surface area contributed by atoms with Gasteiger partial charge < -0.3 is 21.3 Å². The molecule has 0 spiro atoms. The van der Waals surface area contributed by atoms with Crippen molar-refractivity contribution < 1.29 is 0 Å². The van der Waals surface area contributed by atoms with E-state index in [0.717, 1.165) is 59.8 Å². The maximum Gasteiger partial charge on any atom is 0.166 e. The second-order valence-electron chi connectivity index (χ2n) is 9.07. The maximum absolute atomic E-state index is 5.46. The highest BCUT2D eigenvalue weighted by Gasteiger charge is 2.40. The summed E-state index contributed by atoms with van der Waals surface area (Å²) in [5.41, 5.74) is 0. The molecule has 6 atom stereocenters. The Morgan fingerprint density at radius 1 is 0.654 bits per heavy atom. The van der Waals surface area contributed by atoms with E-state index < -0.39 is 0 Å². The molecule has 0 aromatic rings. The van der Waals surface area contributed by atoms with E-state index in [9.17, 15) is 0 Å². The van der Waals surface area contributed by atoms with E-state index in [1.807, 2.05) is 0 Å². The number of hydrogen-bond donors (Lipinski definition) is 4. The maximum atomic E-state index is 5.46. The Hall–Kier alpha value is -0.620. The van der Waals surface area contributed by atoms with Crippen LogP contribution in [0.1, 0.15) is 64.2 Å². The molecule has 0 radical (unpaired) electrons. The molecule has 4 nitrogen and oxygen atoms in total. The molecule has 146 valence electrons. The number of thiocarbonyl (C=S) groups is 2. The van der Waals surface area contributed by atoms with Gasteiger partial charge in [0.05, 0.1) is 0 Å². The number of hydrogen-bond acceptors (Lipinski definition) is 2. The van der Waals surface area contributed by atoms with Gasteiger partial charge in [-0.2, -0.15) is 0 Å². The van der Waals surface area contributed by atoms with Crippen LogP contribution < -0.4 is 21.3 Å². The Bertz CT molecular complexity index is 480. The monoisotopic (exact) mass is 394 g/mol. The lowest BCUT2D eigenvalue weighted by molar-refractivity contribution is 0.388. The van der Waals surface area contributed by atoms with Crippen molar-refractivity contribution in [2.24, 2.45) is 23.7 Å². The highest BCUT2D eigenvalue weighted by molar-refractivity contribution is 7.80. The first-order valence-corrected chi connectivity index (χ1v) is 11.6. The van der Waals surface area contributed by atoms with Crippen molar-refractivity contribution in [2.75, 3.05) is 13.1 Å². The molecule has 6 heteroatoms. The van der Waals surface area contributed by atoms with Crippen LogP contribution in [-0.4, -0.2) is 35.4 Å². The average Bonchev–Trinajstić information content (AvgIpc) is 3.38. The van der Waals surface area contributed by atoms with Crippen LogP contribution in [0.25, 0.3) is 0 Å². The van der Waals surface area contributed by atoms with Crippen LogP contribution >= 0.6 is 24.4 Å². The molecule has 4 rings (SSSR count). The number of unbranched alkanes of at least 4 members (excludes halogenated alkanes) is 1. The highest BCUT2D eigenvalue weighted by Crippen LogP contribution is 2.45. The molecule has 4 fully saturated rings. The van der Waals surface area contributed by atoms with E-state index in [0.29, 0.717) is 12.1 Å². The molecule has 0 aromatic carbocycles. The third-order valence-electron chi connectivity index (χ3n) is 7.28. The van der Waals surface area contributed by atoms with Gasteiger partial charge in [0, 0.05) is 25.2 Å². The zero-order chi connectivity index (χ0) is 17.9. The van der Waals surface area contributed by atoms with Crippen molar-refractivity contribution in [3.63, 3.8) is 0 Å². The first-order valence-electron chi connectivity index (χ1n) is 10.8. The van der Waals surface area contributed by atoms with Gasteiger partial charge >= 0.3 is 0 Å². The Labute approximate surface area is 169 Å². The standard InChI is InChI=1S/C20H34N4S2/c25-19(23-17-11-13-3-5-15(17)9-13)21-7-1-2-8-22-20(26)24-18-12-14-4-6-16(18)10-14/h13-18H,1-12H2,(H2,21,23,25)(H2,22,24,26)/t13-,14+,15-,16+,17-,18+. The van der Waals surface area contributed by atoms with E-state index >= 15 is 0 Å². The van der Waals surface area contributed by atoms with Crippen molar-refractivity contribution in [1.29, 1.82) is 0 Å². The van der Waals surface area contributed by atoms with Crippen molar-refractivity contribution in [3.8, 4) is 0 Å². The van der Waals surface area contributed by atoms with Crippen molar-refractivity contribution in [3.05, 3.63) is 0 Å². The predicted octanol–water partition coefficient (Wildman–Crippen LogP) is 3.07. The third kappa shape index (κ3) is 4.61. The molecule has 4 aliphatic carbocycles. The molecule has 0 saturated heterocycles. The molecule has 4 aliphatic rings. The molecule has 0 unspecified atom stereocenters. The molecule has 4 saturated carbocycles. The summed E-state index contributed by atoms with van der Waals surface area (Å²) in [5, 5.41) is 15.6. The van der Waals surface area contributed by atoms with Crippen molar-refractivity contribution >= 4 is 34.7 Å².